The molecule has 0 radical (unpaired) electrons. The molecule has 2 aliphatic rings. The van der Waals surface area contributed by atoms with Gasteiger partial charge in [0.25, 0.3) is 5.91 Å². The van der Waals surface area contributed by atoms with Gasteiger partial charge in [-0.2, -0.15) is 0 Å². The lowest BCUT2D eigenvalue weighted by atomic mass is 9.85. The summed E-state index contributed by atoms with van der Waals surface area (Å²) in [5.41, 5.74) is 6.25. The molecular formula is C51H62N14O8S. The summed E-state index contributed by atoms with van der Waals surface area (Å²) in [7, 11) is 3.49. The van der Waals surface area contributed by atoms with Crippen LogP contribution in [0.3, 0.4) is 0 Å². The largest absolute Gasteiger partial charge is 0.481 e. The van der Waals surface area contributed by atoms with E-state index >= 15 is 0 Å². The van der Waals surface area contributed by atoms with Crippen molar-refractivity contribution in [2.45, 2.75) is 91.3 Å². The van der Waals surface area contributed by atoms with Gasteiger partial charge in [0.15, 0.2) is 23.8 Å². The van der Waals surface area contributed by atoms with Crippen LogP contribution in [0.15, 0.2) is 79.2 Å². The zero-order valence-corrected chi connectivity index (χ0v) is 43.5. The monoisotopic (exact) mass is 1030 g/mol. The van der Waals surface area contributed by atoms with Gasteiger partial charge >= 0.3 is 6.09 Å². The van der Waals surface area contributed by atoms with Gasteiger partial charge in [-0.05, 0) is 56.8 Å². The van der Waals surface area contributed by atoms with Crippen molar-refractivity contribution in [1.29, 1.82) is 0 Å². The summed E-state index contributed by atoms with van der Waals surface area (Å²) in [6, 6.07) is 7.70. The third-order valence-corrected chi connectivity index (χ3v) is 13.8. The van der Waals surface area contributed by atoms with Crippen LogP contribution in [0, 0.1) is 12.3 Å². The van der Waals surface area contributed by atoms with Crippen molar-refractivity contribution >= 4 is 64.2 Å². The molecule has 0 unspecified atom stereocenters. The summed E-state index contributed by atoms with van der Waals surface area (Å²) in [5.74, 6) is -0.600. The number of aromatic nitrogens is 7. The van der Waals surface area contributed by atoms with Crippen LogP contribution in [-0.2, 0) is 30.5 Å². The number of aryl methyl sites for hydroxylation is 1. The van der Waals surface area contributed by atoms with E-state index in [0.717, 1.165) is 28.1 Å². The van der Waals surface area contributed by atoms with E-state index < -0.39 is 54.0 Å². The maximum absolute atomic E-state index is 14.1. The third kappa shape index (κ3) is 12.8. The van der Waals surface area contributed by atoms with Crippen LogP contribution in [-0.4, -0.2) is 156 Å². The fourth-order valence-electron chi connectivity index (χ4n) is 8.75. The van der Waals surface area contributed by atoms with Crippen LogP contribution in [0.4, 0.5) is 22.2 Å². The number of ether oxygens (including phenoxy) is 2. The number of fused-ring (bicyclic) bond motifs is 1. The molecule has 7 heterocycles. The molecule has 0 spiro atoms. The number of likely N-dealkylation sites (N-methyl/N-ethyl adjacent to an activating group) is 1. The summed E-state index contributed by atoms with van der Waals surface area (Å²) in [6.45, 7) is 12.1. The van der Waals surface area contributed by atoms with Crippen molar-refractivity contribution in [3.05, 3.63) is 90.5 Å². The molecule has 74 heavy (non-hydrogen) atoms. The van der Waals surface area contributed by atoms with E-state index in [2.05, 4.69) is 45.9 Å². The zero-order valence-electron chi connectivity index (χ0n) is 42.7. The number of rotatable bonds is 17. The predicted octanol–water partition coefficient (Wildman–Crippen LogP) is 4.33. The van der Waals surface area contributed by atoms with E-state index in [1.807, 2.05) is 68.8 Å². The second kappa shape index (κ2) is 22.6. The molecule has 2 aliphatic heterocycles. The molecule has 1 aromatic carbocycles. The first kappa shape index (κ1) is 52.7. The number of carbonyl (C=O) groups is 5. The first-order chi connectivity index (χ1) is 35.3. The number of anilines is 3. The molecule has 0 saturated carbocycles. The summed E-state index contributed by atoms with van der Waals surface area (Å²) < 4.78 is 12.8. The standard InChI is InChI=1S/C51H62N14O8S/c1-30(2)73-50(71)62(8)36-15-34(18-52-19-36)39-25-64-26-41(58-42(64)22-53-39)59-43(67)27-61(7)35-13-14-63(23-35)49-55-20-38(21-56-49)72-28-44(68)60-46(51(4,5)6)48(70)65-24-37(66)16-40(65)47(69)54-17-32-9-11-33(12-10-32)45-31(3)57-29-74-45/h9-12,15,18-22,25-26,29-30,35,37,40,46,66H,13-14,16-17,23-24,27-28H2,1-8H3,(H,54,69)(H,59,67)(H,60,68)/t35-,37-,40+,46-/m1/s1. The predicted molar refractivity (Wildman–Crippen MR) is 277 cm³/mol. The van der Waals surface area contributed by atoms with E-state index in [-0.39, 0.29) is 49.9 Å². The molecule has 23 heteroatoms. The molecule has 390 valence electrons. The molecule has 0 aliphatic carbocycles. The second-order valence-electron chi connectivity index (χ2n) is 19.9. The van der Waals surface area contributed by atoms with Gasteiger partial charge in [-0.25, -0.2) is 24.7 Å². The molecule has 5 amide bonds. The molecule has 22 nitrogen and oxygen atoms in total. The average Bonchev–Trinajstić information content (AvgIpc) is 4.20. The van der Waals surface area contributed by atoms with Crippen molar-refractivity contribution in [3.63, 3.8) is 0 Å². The lowest BCUT2D eigenvalue weighted by Crippen LogP contribution is -2.58. The summed E-state index contributed by atoms with van der Waals surface area (Å²) in [4.78, 5) is 101. The number of β-amino-alcohol motifs (C(OH)–C–C–N with tert-alkyl or cyclic N) is 1. The van der Waals surface area contributed by atoms with Gasteiger partial charge in [-0.1, -0.05) is 45.0 Å². The molecule has 2 fully saturated rings. The molecule has 4 N–H and O–H groups in total. The summed E-state index contributed by atoms with van der Waals surface area (Å²) >= 11 is 1.56. The Labute approximate surface area is 432 Å². The molecule has 6 aromatic rings. The first-order valence-corrected chi connectivity index (χ1v) is 25.2. The Hall–Kier alpha value is -7.63. The Bertz CT molecular complexity index is 2980. The number of thiazole rings is 1. The Kier molecular flexibility index (Phi) is 16.1. The minimum atomic E-state index is -1.03. The molecule has 4 atom stereocenters. The van der Waals surface area contributed by atoms with E-state index in [4.69, 9.17) is 9.47 Å². The summed E-state index contributed by atoms with van der Waals surface area (Å²) in [6.07, 6.45) is 10.4. The number of benzene rings is 1. The second-order valence-corrected chi connectivity index (χ2v) is 20.7. The normalized spacial score (nSPS) is 17.1. The quantitative estimate of drug-likeness (QED) is 0.0992. The maximum atomic E-state index is 14.1. The highest BCUT2D eigenvalue weighted by atomic mass is 32.1. The molecule has 8 rings (SSSR count). The first-order valence-electron chi connectivity index (χ1n) is 24.3. The van der Waals surface area contributed by atoms with Crippen molar-refractivity contribution in [1.82, 2.24) is 54.7 Å². The Morgan fingerprint density at radius 2 is 1.69 bits per heavy atom. The smallest absolute Gasteiger partial charge is 0.414 e. The number of hydrogen-bond acceptors (Lipinski definition) is 17. The fourth-order valence-corrected chi connectivity index (χ4v) is 9.56. The maximum Gasteiger partial charge on any atom is 0.414 e. The number of likely N-dealkylation sites (tertiary alicyclic amines) is 1. The van der Waals surface area contributed by atoms with Gasteiger partial charge in [-0.3, -0.25) is 38.9 Å². The molecular weight excluding hydrogens is 969 g/mol. The third-order valence-electron chi connectivity index (χ3n) is 12.8. The highest BCUT2D eigenvalue weighted by Crippen LogP contribution is 2.29. The number of aliphatic hydroxyl groups excluding tert-OH is 1. The van der Waals surface area contributed by atoms with Gasteiger partial charge < -0.3 is 44.7 Å². The van der Waals surface area contributed by atoms with Crippen LogP contribution in [0.2, 0.25) is 0 Å². The van der Waals surface area contributed by atoms with Gasteiger partial charge in [0.2, 0.25) is 23.7 Å². The summed E-state index contributed by atoms with van der Waals surface area (Å²) in [5, 5.41) is 19.2. The van der Waals surface area contributed by atoms with Gasteiger partial charge in [-0.15, -0.1) is 11.3 Å². The molecule has 0 bridgehead atoms. The highest BCUT2D eigenvalue weighted by Gasteiger charge is 2.44. The van der Waals surface area contributed by atoms with E-state index in [9.17, 15) is 29.1 Å². The van der Waals surface area contributed by atoms with Crippen molar-refractivity contribution in [2.24, 2.45) is 5.41 Å². The fraction of sp³-hybridized carbons (Fsp3) is 0.431. The van der Waals surface area contributed by atoms with E-state index in [1.165, 1.54) is 22.2 Å². The van der Waals surface area contributed by atoms with Crippen LogP contribution in [0.5, 0.6) is 5.75 Å². The SMILES string of the molecule is Cc1ncsc1-c1ccc(CNC(=O)[C@@H]2C[C@@H](O)CN2C(=O)[C@@H](NC(=O)COc2cnc(N3CC[C@@H](N(C)CC(=O)Nc4cn5cc(-c6cncc(N(C)C(=O)OC(C)C)c6)ncc5n4)C3)nc2)C(C)(C)C)cc1. The lowest BCUT2D eigenvalue weighted by molar-refractivity contribution is -0.144. The van der Waals surface area contributed by atoms with Crippen LogP contribution in [0.25, 0.3) is 27.3 Å². The van der Waals surface area contributed by atoms with E-state index in [0.29, 0.717) is 47.4 Å². The topological polar surface area (TPSA) is 255 Å². The highest BCUT2D eigenvalue weighted by molar-refractivity contribution is 7.13. The Morgan fingerprint density at radius 1 is 0.932 bits per heavy atom. The number of carbonyl (C=O) groups excluding carboxylic acids is 5. The van der Waals surface area contributed by atoms with Crippen molar-refractivity contribution < 1.29 is 38.6 Å². The van der Waals surface area contributed by atoms with Gasteiger partial charge in [0.05, 0.1) is 77.2 Å². The number of pyridine rings is 1. The van der Waals surface area contributed by atoms with Crippen molar-refractivity contribution in [2.75, 3.05) is 62.0 Å². The Morgan fingerprint density at radius 3 is 2.39 bits per heavy atom. The van der Waals surface area contributed by atoms with Gasteiger partial charge in [0, 0.05) is 63.6 Å². The van der Waals surface area contributed by atoms with E-state index in [1.54, 1.807) is 79.2 Å². The van der Waals surface area contributed by atoms with Crippen LogP contribution in [0.1, 0.15) is 58.7 Å². The number of imidazole rings is 1. The minimum Gasteiger partial charge on any atom is -0.481 e. The van der Waals surface area contributed by atoms with Gasteiger partial charge in [0.1, 0.15) is 12.1 Å². The molecule has 5 aromatic heterocycles. The lowest BCUT2D eigenvalue weighted by Gasteiger charge is -2.35. The number of nitrogens with one attached hydrogen (secondary N) is 3. The van der Waals surface area contributed by atoms with Crippen molar-refractivity contribution in [3.8, 4) is 27.4 Å². The minimum absolute atomic E-state index is 0.0296. The number of aliphatic hydroxyl groups is 1. The average molecular weight is 1030 g/mol. The van der Waals surface area contributed by atoms with Crippen LogP contribution >= 0.6 is 11.3 Å². The molecule has 2 saturated heterocycles. The number of amides is 5. The van der Waals surface area contributed by atoms with Crippen LogP contribution < -0.4 is 30.5 Å². The number of hydrogen-bond donors (Lipinski definition) is 4. The number of nitrogens with zero attached hydrogens (tertiary/aromatic N) is 11. The zero-order chi connectivity index (χ0) is 52.8. The Balaban J connectivity index is 0.787.